The van der Waals surface area contributed by atoms with Gasteiger partial charge in [0, 0.05) is 6.54 Å². The quantitative estimate of drug-likeness (QED) is 0.857. The maximum atomic E-state index is 9.54. The molecule has 0 aliphatic heterocycles. The molecule has 0 aliphatic rings. The third-order valence-electron chi connectivity index (χ3n) is 3.66. The van der Waals surface area contributed by atoms with E-state index in [2.05, 4.69) is 24.3 Å². The second-order valence-corrected chi connectivity index (χ2v) is 5.29. The first-order valence-corrected chi connectivity index (χ1v) is 7.30. The molecule has 0 aromatic heterocycles. The molecule has 112 valence electrons. The molecule has 0 radical (unpaired) electrons. The van der Waals surface area contributed by atoms with Crippen molar-refractivity contribution < 1.29 is 9.84 Å². The molecule has 2 aromatic carbocycles. The Balaban J connectivity index is 2.13. The van der Waals surface area contributed by atoms with Gasteiger partial charge in [-0.1, -0.05) is 54.6 Å². The Morgan fingerprint density at radius 3 is 2.05 bits per heavy atom. The van der Waals surface area contributed by atoms with Crippen LogP contribution in [-0.2, 0) is 4.74 Å². The molecule has 3 heteroatoms. The molecule has 3 unspecified atom stereocenters. The molecule has 21 heavy (non-hydrogen) atoms. The van der Waals surface area contributed by atoms with Gasteiger partial charge in [-0.2, -0.15) is 0 Å². The standard InChI is InChI=1S/C18H23NO2/c1-13(20)14(2)21-18(12-19)17-10-8-16(9-11-17)15-6-4-3-5-7-15/h3-11,13-14,18,20H,12,19H2,1-2H3. The zero-order valence-corrected chi connectivity index (χ0v) is 12.6. The maximum Gasteiger partial charge on any atom is 0.0952 e. The topological polar surface area (TPSA) is 55.5 Å². The minimum absolute atomic E-state index is 0.195. The van der Waals surface area contributed by atoms with Crippen molar-refractivity contribution in [1.82, 2.24) is 0 Å². The van der Waals surface area contributed by atoms with Crippen LogP contribution in [0.1, 0.15) is 25.5 Å². The molecule has 0 fully saturated rings. The van der Waals surface area contributed by atoms with Crippen molar-refractivity contribution in [3.63, 3.8) is 0 Å². The van der Waals surface area contributed by atoms with Gasteiger partial charge >= 0.3 is 0 Å². The van der Waals surface area contributed by atoms with Crippen molar-refractivity contribution in [2.45, 2.75) is 32.2 Å². The molecule has 0 spiro atoms. The predicted molar refractivity (Wildman–Crippen MR) is 85.9 cm³/mol. The Morgan fingerprint density at radius 1 is 0.952 bits per heavy atom. The first kappa shape index (κ1) is 15.7. The van der Waals surface area contributed by atoms with E-state index >= 15 is 0 Å². The predicted octanol–water partition coefficient (Wildman–Crippen LogP) is 3.14. The van der Waals surface area contributed by atoms with Crippen molar-refractivity contribution in [3.8, 4) is 11.1 Å². The Morgan fingerprint density at radius 2 is 1.52 bits per heavy atom. The summed E-state index contributed by atoms with van der Waals surface area (Å²) in [5, 5.41) is 9.54. The van der Waals surface area contributed by atoms with Crippen LogP contribution in [0.2, 0.25) is 0 Å². The van der Waals surface area contributed by atoms with Gasteiger partial charge in [0.1, 0.15) is 0 Å². The highest BCUT2D eigenvalue weighted by atomic mass is 16.5. The summed E-state index contributed by atoms with van der Waals surface area (Å²) in [5.74, 6) is 0. The summed E-state index contributed by atoms with van der Waals surface area (Å²) in [6.45, 7) is 3.96. The lowest BCUT2D eigenvalue weighted by atomic mass is 10.0. The molecule has 0 saturated carbocycles. The fourth-order valence-electron chi connectivity index (χ4n) is 2.16. The van der Waals surface area contributed by atoms with Gasteiger partial charge in [-0.05, 0) is 30.5 Å². The zero-order valence-electron chi connectivity index (χ0n) is 12.6. The van der Waals surface area contributed by atoms with Gasteiger partial charge in [0.05, 0.1) is 18.3 Å². The van der Waals surface area contributed by atoms with Crippen molar-refractivity contribution in [3.05, 3.63) is 60.2 Å². The highest BCUT2D eigenvalue weighted by Gasteiger charge is 2.17. The van der Waals surface area contributed by atoms with Crippen LogP contribution in [0.4, 0.5) is 0 Å². The Bertz CT molecular complexity index is 537. The van der Waals surface area contributed by atoms with E-state index in [4.69, 9.17) is 10.5 Å². The van der Waals surface area contributed by atoms with E-state index in [1.54, 1.807) is 6.92 Å². The summed E-state index contributed by atoms with van der Waals surface area (Å²) >= 11 is 0. The molecule has 0 aliphatic carbocycles. The van der Waals surface area contributed by atoms with Crippen molar-refractivity contribution in [1.29, 1.82) is 0 Å². The summed E-state index contributed by atoms with van der Waals surface area (Å²) in [7, 11) is 0. The molecule has 3 atom stereocenters. The van der Waals surface area contributed by atoms with Gasteiger partial charge < -0.3 is 15.6 Å². The first-order chi connectivity index (χ1) is 10.1. The van der Waals surface area contributed by atoms with Crippen LogP contribution in [0.25, 0.3) is 11.1 Å². The number of hydrogen-bond donors (Lipinski definition) is 2. The Hall–Kier alpha value is -1.68. The fourth-order valence-corrected chi connectivity index (χ4v) is 2.16. The van der Waals surface area contributed by atoms with Crippen LogP contribution >= 0.6 is 0 Å². The lowest BCUT2D eigenvalue weighted by molar-refractivity contribution is -0.0591. The van der Waals surface area contributed by atoms with Gasteiger partial charge in [0.25, 0.3) is 0 Å². The first-order valence-electron chi connectivity index (χ1n) is 7.30. The second-order valence-electron chi connectivity index (χ2n) is 5.29. The number of benzene rings is 2. The Labute approximate surface area is 126 Å². The third kappa shape index (κ3) is 4.14. The van der Waals surface area contributed by atoms with Crippen LogP contribution in [0.15, 0.2) is 54.6 Å². The minimum Gasteiger partial charge on any atom is -0.391 e. The highest BCUT2D eigenvalue weighted by Crippen LogP contribution is 2.24. The molecule has 0 saturated heterocycles. The van der Waals surface area contributed by atoms with Crippen molar-refractivity contribution in [2.24, 2.45) is 5.73 Å². The molecular formula is C18H23NO2. The maximum absolute atomic E-state index is 9.54. The number of ether oxygens (including phenoxy) is 1. The van der Waals surface area contributed by atoms with E-state index in [1.807, 2.05) is 37.3 Å². The summed E-state index contributed by atoms with van der Waals surface area (Å²) in [5.41, 5.74) is 9.18. The van der Waals surface area contributed by atoms with Crippen LogP contribution in [0.5, 0.6) is 0 Å². The van der Waals surface area contributed by atoms with Crippen LogP contribution < -0.4 is 5.73 Å². The highest BCUT2D eigenvalue weighted by molar-refractivity contribution is 5.63. The summed E-state index contributed by atoms with van der Waals surface area (Å²) < 4.78 is 5.82. The second kappa shape index (κ2) is 7.36. The normalized spacial score (nSPS) is 15.4. The number of nitrogens with two attached hydrogens (primary N) is 1. The lowest BCUT2D eigenvalue weighted by Crippen LogP contribution is -2.28. The zero-order chi connectivity index (χ0) is 15.2. The number of aliphatic hydroxyl groups is 1. The number of aliphatic hydroxyl groups excluding tert-OH is 1. The van der Waals surface area contributed by atoms with E-state index in [0.717, 1.165) is 5.56 Å². The van der Waals surface area contributed by atoms with Gasteiger partial charge in [-0.15, -0.1) is 0 Å². The Kier molecular flexibility index (Phi) is 5.51. The van der Waals surface area contributed by atoms with Crippen molar-refractivity contribution >= 4 is 0 Å². The van der Waals surface area contributed by atoms with E-state index < -0.39 is 6.10 Å². The molecule has 2 rings (SSSR count). The van der Waals surface area contributed by atoms with Crippen LogP contribution in [0, 0.1) is 0 Å². The van der Waals surface area contributed by atoms with Gasteiger partial charge in [-0.25, -0.2) is 0 Å². The van der Waals surface area contributed by atoms with E-state index in [0.29, 0.717) is 6.54 Å². The van der Waals surface area contributed by atoms with E-state index in [9.17, 15) is 5.11 Å². The summed E-state index contributed by atoms with van der Waals surface area (Å²) in [6, 6.07) is 18.5. The van der Waals surface area contributed by atoms with Crippen molar-refractivity contribution in [2.75, 3.05) is 6.54 Å². The molecule has 3 nitrogen and oxygen atoms in total. The minimum atomic E-state index is -0.511. The third-order valence-corrected chi connectivity index (χ3v) is 3.66. The smallest absolute Gasteiger partial charge is 0.0952 e. The molecule has 0 amide bonds. The lowest BCUT2D eigenvalue weighted by Gasteiger charge is -2.23. The van der Waals surface area contributed by atoms with Crippen LogP contribution in [0.3, 0.4) is 0 Å². The average Bonchev–Trinajstić information content (AvgIpc) is 2.53. The van der Waals surface area contributed by atoms with Gasteiger partial charge in [-0.3, -0.25) is 0 Å². The fraction of sp³-hybridized carbons (Fsp3) is 0.333. The monoisotopic (exact) mass is 285 g/mol. The number of rotatable bonds is 6. The van der Waals surface area contributed by atoms with Crippen LogP contribution in [-0.4, -0.2) is 23.9 Å². The largest absolute Gasteiger partial charge is 0.391 e. The SMILES string of the molecule is CC(O)C(C)OC(CN)c1ccc(-c2ccccc2)cc1. The summed E-state index contributed by atoms with van der Waals surface area (Å²) in [6.07, 6.45) is -0.950. The van der Waals surface area contributed by atoms with E-state index in [-0.39, 0.29) is 12.2 Å². The molecular weight excluding hydrogens is 262 g/mol. The summed E-state index contributed by atoms with van der Waals surface area (Å²) in [4.78, 5) is 0. The van der Waals surface area contributed by atoms with Gasteiger partial charge in [0.15, 0.2) is 0 Å². The average molecular weight is 285 g/mol. The van der Waals surface area contributed by atoms with E-state index in [1.165, 1.54) is 11.1 Å². The van der Waals surface area contributed by atoms with Gasteiger partial charge in [0.2, 0.25) is 0 Å². The molecule has 3 N–H and O–H groups in total. The number of hydrogen-bond acceptors (Lipinski definition) is 3. The molecule has 0 bridgehead atoms. The molecule has 2 aromatic rings. The molecule has 0 heterocycles.